The fourth-order valence-electron chi connectivity index (χ4n) is 1.44. The molecule has 0 radical (unpaired) electrons. The fourth-order valence-corrected chi connectivity index (χ4v) is 1.98. The summed E-state index contributed by atoms with van der Waals surface area (Å²) in [7, 11) is 0. The van der Waals surface area contributed by atoms with Crippen LogP contribution in [0, 0.1) is 11.8 Å². The number of hydrogen-bond donors (Lipinski definition) is 2. The van der Waals surface area contributed by atoms with Crippen LogP contribution in [0.25, 0.3) is 0 Å². The van der Waals surface area contributed by atoms with E-state index in [1.54, 1.807) is 11.7 Å². The molecule has 2 rings (SSSR count). The molecule has 0 aliphatic carbocycles. The fraction of sp³-hybridized carbons (Fsp3) is 0.143. The van der Waals surface area contributed by atoms with Gasteiger partial charge in [-0.15, -0.1) is 11.3 Å². The van der Waals surface area contributed by atoms with Crippen LogP contribution in [0.5, 0.6) is 0 Å². The molecule has 0 aliphatic heterocycles. The maximum absolute atomic E-state index is 11.7. The first-order chi connectivity index (χ1) is 9.29. The minimum atomic E-state index is -0.146. The summed E-state index contributed by atoms with van der Waals surface area (Å²) in [5, 5.41) is 11.4. The van der Waals surface area contributed by atoms with E-state index in [9.17, 15) is 4.79 Å². The smallest absolute Gasteiger partial charge is 0.263 e. The summed E-state index contributed by atoms with van der Waals surface area (Å²) in [6.45, 7) is 0.317. The number of carbonyl (C=O) groups excluding carboxylic acids is 1. The Morgan fingerprint density at radius 1 is 1.37 bits per heavy atom. The Labute approximate surface area is 115 Å². The molecule has 0 aliphatic rings. The lowest BCUT2D eigenvalue weighted by molar-refractivity contribution is 0.0955. The number of nitrogens with one attached hydrogen (secondary N) is 1. The van der Waals surface area contributed by atoms with Crippen LogP contribution in [0.15, 0.2) is 36.0 Å². The van der Waals surface area contributed by atoms with Crippen molar-refractivity contribution in [3.8, 4) is 11.8 Å². The normalized spacial score (nSPS) is 9.53. The van der Waals surface area contributed by atoms with Gasteiger partial charge < -0.3 is 10.4 Å². The third-order valence-electron chi connectivity index (χ3n) is 2.37. The quantitative estimate of drug-likeness (QED) is 0.831. The number of carbonyl (C=O) groups is 1. The third-order valence-corrected chi connectivity index (χ3v) is 3.15. The van der Waals surface area contributed by atoms with Crippen molar-refractivity contribution in [3.63, 3.8) is 0 Å². The SMILES string of the molecule is O=C(NCc1ccc(C#CCO)cc1)c1cncs1. The first-order valence-corrected chi connectivity index (χ1v) is 6.53. The Morgan fingerprint density at radius 3 is 2.79 bits per heavy atom. The molecule has 0 unspecified atom stereocenters. The summed E-state index contributed by atoms with van der Waals surface area (Å²) in [6, 6.07) is 7.51. The number of benzene rings is 1. The second kappa shape index (κ2) is 6.69. The van der Waals surface area contributed by atoms with Gasteiger partial charge in [-0.1, -0.05) is 24.0 Å². The molecule has 0 saturated heterocycles. The lowest BCUT2D eigenvalue weighted by Gasteiger charge is -2.03. The van der Waals surface area contributed by atoms with Gasteiger partial charge in [-0.05, 0) is 17.7 Å². The molecule has 0 fully saturated rings. The standard InChI is InChI=1S/C14H12N2O2S/c17-7-1-2-11-3-5-12(6-4-11)8-16-14(18)13-9-15-10-19-13/h3-6,9-10,17H,7-8H2,(H,16,18). The zero-order valence-electron chi connectivity index (χ0n) is 10.1. The van der Waals surface area contributed by atoms with E-state index in [2.05, 4.69) is 22.1 Å². The number of hydrogen-bond acceptors (Lipinski definition) is 4. The zero-order valence-corrected chi connectivity index (χ0v) is 10.9. The first kappa shape index (κ1) is 13.3. The van der Waals surface area contributed by atoms with Gasteiger partial charge in [0.05, 0.1) is 11.7 Å². The Morgan fingerprint density at radius 2 is 2.16 bits per heavy atom. The molecule has 0 atom stereocenters. The monoisotopic (exact) mass is 272 g/mol. The van der Waals surface area contributed by atoms with Crippen LogP contribution in [0.1, 0.15) is 20.8 Å². The molecule has 96 valence electrons. The first-order valence-electron chi connectivity index (χ1n) is 5.65. The van der Waals surface area contributed by atoms with Crippen LogP contribution in [-0.4, -0.2) is 22.6 Å². The van der Waals surface area contributed by atoms with Crippen molar-refractivity contribution in [2.75, 3.05) is 6.61 Å². The highest BCUT2D eigenvalue weighted by atomic mass is 32.1. The highest BCUT2D eigenvalue weighted by Crippen LogP contribution is 2.06. The van der Waals surface area contributed by atoms with Crippen LogP contribution >= 0.6 is 11.3 Å². The van der Waals surface area contributed by atoms with Gasteiger partial charge in [-0.25, -0.2) is 0 Å². The molecule has 1 aromatic heterocycles. The lowest BCUT2D eigenvalue weighted by atomic mass is 10.1. The Balaban J connectivity index is 1.91. The van der Waals surface area contributed by atoms with Crippen molar-refractivity contribution < 1.29 is 9.90 Å². The predicted molar refractivity (Wildman–Crippen MR) is 73.7 cm³/mol. The summed E-state index contributed by atoms with van der Waals surface area (Å²) in [6.07, 6.45) is 1.55. The predicted octanol–water partition coefficient (Wildman–Crippen LogP) is 1.42. The number of aliphatic hydroxyl groups is 1. The topological polar surface area (TPSA) is 62.2 Å². The van der Waals surface area contributed by atoms with E-state index in [-0.39, 0.29) is 12.5 Å². The molecule has 0 saturated carbocycles. The maximum atomic E-state index is 11.7. The van der Waals surface area contributed by atoms with Crippen molar-refractivity contribution in [3.05, 3.63) is 52.0 Å². The number of aromatic nitrogens is 1. The summed E-state index contributed by atoms with van der Waals surface area (Å²) < 4.78 is 0. The molecule has 19 heavy (non-hydrogen) atoms. The Kier molecular flexibility index (Phi) is 4.67. The molecule has 1 heterocycles. The number of nitrogens with zero attached hydrogens (tertiary/aromatic N) is 1. The molecule has 5 heteroatoms. The van der Waals surface area contributed by atoms with Crippen LogP contribution in [-0.2, 0) is 6.54 Å². The van der Waals surface area contributed by atoms with Gasteiger partial charge in [0.25, 0.3) is 5.91 Å². The van der Waals surface area contributed by atoms with Gasteiger partial charge in [0, 0.05) is 12.1 Å². The van der Waals surface area contributed by atoms with Crippen LogP contribution in [0.2, 0.25) is 0 Å². The molecular formula is C14H12N2O2S. The molecule has 1 amide bonds. The Bertz CT molecular complexity index is 595. The molecular weight excluding hydrogens is 260 g/mol. The number of thiazole rings is 1. The molecule has 2 N–H and O–H groups in total. The highest BCUT2D eigenvalue weighted by Gasteiger charge is 2.06. The van der Waals surface area contributed by atoms with Gasteiger partial charge >= 0.3 is 0 Å². The summed E-state index contributed by atoms with van der Waals surface area (Å²) in [5.41, 5.74) is 3.46. The minimum Gasteiger partial charge on any atom is -0.384 e. The van der Waals surface area contributed by atoms with Gasteiger partial charge in [0.1, 0.15) is 11.5 Å². The average Bonchev–Trinajstić information content (AvgIpc) is 2.98. The number of amides is 1. The zero-order chi connectivity index (χ0) is 13.5. The van der Waals surface area contributed by atoms with Gasteiger partial charge in [-0.2, -0.15) is 0 Å². The molecule has 2 aromatic rings. The second-order valence-electron chi connectivity index (χ2n) is 3.71. The minimum absolute atomic E-state index is 0.119. The van der Waals surface area contributed by atoms with Crippen LogP contribution < -0.4 is 5.32 Å². The second-order valence-corrected chi connectivity index (χ2v) is 4.59. The molecule has 0 bridgehead atoms. The van der Waals surface area contributed by atoms with E-state index in [4.69, 9.17) is 5.11 Å². The van der Waals surface area contributed by atoms with Gasteiger partial charge in [0.2, 0.25) is 0 Å². The van der Waals surface area contributed by atoms with Crippen LogP contribution in [0.3, 0.4) is 0 Å². The van der Waals surface area contributed by atoms with E-state index >= 15 is 0 Å². The molecule has 1 aromatic carbocycles. The van der Waals surface area contributed by atoms with Crippen molar-refractivity contribution in [1.82, 2.24) is 10.3 Å². The van der Waals surface area contributed by atoms with Crippen molar-refractivity contribution >= 4 is 17.2 Å². The van der Waals surface area contributed by atoms with E-state index in [0.29, 0.717) is 11.4 Å². The van der Waals surface area contributed by atoms with Crippen molar-refractivity contribution in [1.29, 1.82) is 0 Å². The summed E-state index contributed by atoms with van der Waals surface area (Å²) in [5.74, 6) is 5.28. The summed E-state index contributed by atoms with van der Waals surface area (Å²) in [4.78, 5) is 16.2. The van der Waals surface area contributed by atoms with E-state index in [1.165, 1.54) is 11.3 Å². The number of aliphatic hydroxyl groups excluding tert-OH is 1. The molecule has 4 nitrogen and oxygen atoms in total. The van der Waals surface area contributed by atoms with Gasteiger partial charge in [-0.3, -0.25) is 9.78 Å². The van der Waals surface area contributed by atoms with Crippen molar-refractivity contribution in [2.45, 2.75) is 6.54 Å². The van der Waals surface area contributed by atoms with E-state index in [0.717, 1.165) is 11.1 Å². The van der Waals surface area contributed by atoms with E-state index < -0.39 is 0 Å². The summed E-state index contributed by atoms with van der Waals surface area (Å²) >= 11 is 1.31. The maximum Gasteiger partial charge on any atom is 0.263 e. The third kappa shape index (κ3) is 3.91. The number of rotatable bonds is 3. The van der Waals surface area contributed by atoms with Crippen LogP contribution in [0.4, 0.5) is 0 Å². The van der Waals surface area contributed by atoms with Gasteiger partial charge in [0.15, 0.2) is 0 Å². The lowest BCUT2D eigenvalue weighted by Crippen LogP contribution is -2.21. The largest absolute Gasteiger partial charge is 0.384 e. The van der Waals surface area contributed by atoms with E-state index in [1.807, 2.05) is 24.3 Å². The highest BCUT2D eigenvalue weighted by molar-refractivity contribution is 7.11. The average molecular weight is 272 g/mol. The Hall–Kier alpha value is -2.16. The molecule has 0 spiro atoms. The van der Waals surface area contributed by atoms with Crippen molar-refractivity contribution in [2.24, 2.45) is 0 Å².